The Bertz CT molecular complexity index is 863. The number of alkyl halides is 2. The van der Waals surface area contributed by atoms with Crippen molar-refractivity contribution in [1.29, 1.82) is 0 Å². The zero-order chi connectivity index (χ0) is 21.5. The second-order valence-electron chi connectivity index (χ2n) is 6.92. The summed E-state index contributed by atoms with van der Waals surface area (Å²) in [5.74, 6) is 1.76. The number of hydrogen-bond acceptors (Lipinski definition) is 6. The van der Waals surface area contributed by atoms with E-state index in [1.165, 1.54) is 24.9 Å². The molecular weight excluding hydrogens is 414 g/mol. The van der Waals surface area contributed by atoms with E-state index < -0.39 is 6.61 Å². The predicted molar refractivity (Wildman–Crippen MR) is 109 cm³/mol. The molecule has 0 saturated carbocycles. The minimum absolute atomic E-state index is 0.00220. The predicted octanol–water partition coefficient (Wildman–Crippen LogP) is 4.10. The number of hydrogen-bond donors (Lipinski definition) is 0. The van der Waals surface area contributed by atoms with Crippen molar-refractivity contribution in [2.45, 2.75) is 63.2 Å². The third kappa shape index (κ3) is 5.62. The minimum atomic E-state index is -2.91. The highest BCUT2D eigenvalue weighted by atomic mass is 32.2. The summed E-state index contributed by atoms with van der Waals surface area (Å²) in [5, 5.41) is 9.36. The first-order chi connectivity index (χ1) is 14.5. The highest BCUT2D eigenvalue weighted by Gasteiger charge is 2.21. The van der Waals surface area contributed by atoms with Crippen LogP contribution in [0.3, 0.4) is 0 Å². The molecule has 0 unspecified atom stereocenters. The third-order valence-electron chi connectivity index (χ3n) is 4.93. The number of likely N-dealkylation sites (tertiary alicyclic amines) is 1. The number of benzene rings is 1. The first kappa shape index (κ1) is 22.3. The van der Waals surface area contributed by atoms with Crippen LogP contribution in [-0.2, 0) is 23.6 Å². The van der Waals surface area contributed by atoms with Gasteiger partial charge in [-0.15, -0.1) is 10.2 Å². The number of rotatable bonds is 9. The van der Waals surface area contributed by atoms with Gasteiger partial charge in [-0.25, -0.2) is 0 Å². The summed E-state index contributed by atoms with van der Waals surface area (Å²) in [6.45, 7) is 1.02. The Labute approximate surface area is 178 Å². The normalized spacial score (nSPS) is 14.8. The molecule has 0 bridgehead atoms. The maximum absolute atomic E-state index is 12.5. The van der Waals surface area contributed by atoms with Gasteiger partial charge >= 0.3 is 6.61 Å². The maximum atomic E-state index is 12.5. The molecule has 0 spiro atoms. The smallest absolute Gasteiger partial charge is 0.387 e. The van der Waals surface area contributed by atoms with E-state index >= 15 is 0 Å². The summed E-state index contributed by atoms with van der Waals surface area (Å²) in [4.78, 5) is 14.2. The summed E-state index contributed by atoms with van der Waals surface area (Å²) in [5.41, 5.74) is 0.883. The SMILES string of the molecule is CCn1c(CN2CCCCCC2=O)nnc1SCc1ccc(OC(F)F)c(OC)c1. The molecule has 30 heavy (non-hydrogen) atoms. The molecule has 3 rings (SSSR count). The number of carbonyl (C=O) groups excluding carboxylic acids is 1. The standard InChI is InChI=1S/C20H26F2N4O3S/c1-3-26-17(12-25-10-6-4-5-7-18(25)27)23-24-20(26)30-13-14-8-9-15(29-19(21)22)16(11-14)28-2/h8-9,11,19H,3-7,10,12-13H2,1-2H3. The van der Waals surface area contributed by atoms with Crippen molar-refractivity contribution in [3.8, 4) is 11.5 Å². The van der Waals surface area contributed by atoms with E-state index in [0.29, 0.717) is 25.3 Å². The molecule has 1 aliphatic heterocycles. The Kier molecular flexibility index (Phi) is 7.89. The molecule has 0 aliphatic carbocycles. The quantitative estimate of drug-likeness (QED) is 0.547. The average Bonchev–Trinajstić information content (AvgIpc) is 3.00. The van der Waals surface area contributed by atoms with Crippen LogP contribution in [0, 0.1) is 0 Å². The lowest BCUT2D eigenvalue weighted by atomic mass is 10.2. The molecule has 10 heteroatoms. The van der Waals surface area contributed by atoms with Crippen LogP contribution in [0.5, 0.6) is 11.5 Å². The zero-order valence-corrected chi connectivity index (χ0v) is 18.0. The van der Waals surface area contributed by atoms with Gasteiger partial charge in [0.2, 0.25) is 5.91 Å². The number of aromatic nitrogens is 3. The molecule has 164 valence electrons. The van der Waals surface area contributed by atoms with Gasteiger partial charge in [-0.2, -0.15) is 8.78 Å². The van der Waals surface area contributed by atoms with Gasteiger partial charge in [0.1, 0.15) is 0 Å². The van der Waals surface area contributed by atoms with E-state index in [0.717, 1.165) is 42.4 Å². The number of ether oxygens (including phenoxy) is 2. The molecule has 1 aliphatic rings. The molecular formula is C20H26F2N4O3S. The van der Waals surface area contributed by atoms with Gasteiger partial charge in [0.05, 0.1) is 13.7 Å². The van der Waals surface area contributed by atoms with Crippen LogP contribution in [0.2, 0.25) is 0 Å². The first-order valence-electron chi connectivity index (χ1n) is 9.96. The summed E-state index contributed by atoms with van der Waals surface area (Å²) in [6, 6.07) is 4.87. The molecule has 1 aromatic carbocycles. The summed E-state index contributed by atoms with van der Waals surface area (Å²) >= 11 is 1.49. The second kappa shape index (κ2) is 10.6. The van der Waals surface area contributed by atoms with Crippen LogP contribution >= 0.6 is 11.8 Å². The number of halogens is 2. The Morgan fingerprint density at radius 2 is 2.03 bits per heavy atom. The molecule has 1 saturated heterocycles. The molecule has 7 nitrogen and oxygen atoms in total. The number of nitrogens with zero attached hydrogens (tertiary/aromatic N) is 4. The van der Waals surface area contributed by atoms with E-state index in [-0.39, 0.29) is 17.4 Å². The summed E-state index contributed by atoms with van der Waals surface area (Å²) in [6.07, 6.45) is 3.63. The van der Waals surface area contributed by atoms with Crippen LogP contribution in [0.15, 0.2) is 23.4 Å². The molecule has 0 radical (unpaired) electrons. The lowest BCUT2D eigenvalue weighted by molar-refractivity contribution is -0.131. The first-order valence-corrected chi connectivity index (χ1v) is 10.9. The van der Waals surface area contributed by atoms with Crippen LogP contribution in [-0.4, -0.2) is 45.8 Å². The molecule has 1 fully saturated rings. The van der Waals surface area contributed by atoms with Crippen LogP contribution in [0.4, 0.5) is 8.78 Å². The fourth-order valence-electron chi connectivity index (χ4n) is 3.38. The van der Waals surface area contributed by atoms with E-state index in [1.54, 1.807) is 12.1 Å². The van der Waals surface area contributed by atoms with E-state index in [4.69, 9.17) is 4.74 Å². The molecule has 1 aromatic heterocycles. The van der Waals surface area contributed by atoms with Crippen molar-refractivity contribution in [2.24, 2.45) is 0 Å². The fraction of sp³-hybridized carbons (Fsp3) is 0.550. The molecule has 2 heterocycles. The van der Waals surface area contributed by atoms with E-state index in [2.05, 4.69) is 14.9 Å². The fourth-order valence-corrected chi connectivity index (χ4v) is 4.34. The molecule has 0 N–H and O–H groups in total. The molecule has 2 aromatic rings. The van der Waals surface area contributed by atoms with Gasteiger partial charge in [0.25, 0.3) is 0 Å². The van der Waals surface area contributed by atoms with Crippen LogP contribution < -0.4 is 9.47 Å². The van der Waals surface area contributed by atoms with Gasteiger partial charge in [-0.3, -0.25) is 4.79 Å². The van der Waals surface area contributed by atoms with Crippen LogP contribution in [0.25, 0.3) is 0 Å². The second-order valence-corrected chi connectivity index (χ2v) is 7.86. The number of amides is 1. The van der Waals surface area contributed by atoms with Crippen molar-refractivity contribution in [3.63, 3.8) is 0 Å². The topological polar surface area (TPSA) is 69.5 Å². The Hall–Kier alpha value is -2.36. The number of carbonyl (C=O) groups is 1. The van der Waals surface area contributed by atoms with Crippen molar-refractivity contribution in [1.82, 2.24) is 19.7 Å². The molecule has 0 atom stereocenters. The monoisotopic (exact) mass is 440 g/mol. The Balaban J connectivity index is 1.68. The highest BCUT2D eigenvalue weighted by Crippen LogP contribution is 2.32. The Morgan fingerprint density at radius 1 is 1.20 bits per heavy atom. The molecule has 1 amide bonds. The largest absolute Gasteiger partial charge is 0.493 e. The highest BCUT2D eigenvalue weighted by molar-refractivity contribution is 7.98. The van der Waals surface area contributed by atoms with Gasteiger partial charge in [0, 0.05) is 25.3 Å². The van der Waals surface area contributed by atoms with Crippen molar-refractivity contribution in [3.05, 3.63) is 29.6 Å². The van der Waals surface area contributed by atoms with E-state index in [1.807, 2.05) is 16.4 Å². The van der Waals surface area contributed by atoms with Gasteiger partial charge < -0.3 is 18.9 Å². The minimum Gasteiger partial charge on any atom is -0.493 e. The van der Waals surface area contributed by atoms with Gasteiger partial charge in [-0.1, -0.05) is 24.2 Å². The van der Waals surface area contributed by atoms with Gasteiger partial charge in [0.15, 0.2) is 22.5 Å². The summed E-state index contributed by atoms with van der Waals surface area (Å²) < 4.78 is 36.6. The van der Waals surface area contributed by atoms with Crippen molar-refractivity contribution < 1.29 is 23.0 Å². The van der Waals surface area contributed by atoms with E-state index in [9.17, 15) is 13.6 Å². The van der Waals surface area contributed by atoms with Crippen molar-refractivity contribution >= 4 is 17.7 Å². The lowest BCUT2D eigenvalue weighted by Crippen LogP contribution is -2.31. The van der Waals surface area contributed by atoms with Crippen molar-refractivity contribution in [2.75, 3.05) is 13.7 Å². The number of methoxy groups -OCH3 is 1. The lowest BCUT2D eigenvalue weighted by Gasteiger charge is -2.20. The summed E-state index contributed by atoms with van der Waals surface area (Å²) in [7, 11) is 1.41. The Morgan fingerprint density at radius 3 is 2.77 bits per heavy atom. The average molecular weight is 441 g/mol. The van der Waals surface area contributed by atoms with Gasteiger partial charge in [-0.05, 0) is 37.5 Å². The maximum Gasteiger partial charge on any atom is 0.387 e. The van der Waals surface area contributed by atoms with Crippen LogP contribution in [0.1, 0.15) is 44.0 Å². The zero-order valence-electron chi connectivity index (χ0n) is 17.1. The number of thioether (sulfide) groups is 1. The third-order valence-corrected chi connectivity index (χ3v) is 5.96.